The van der Waals surface area contributed by atoms with Crippen molar-refractivity contribution in [2.75, 3.05) is 0 Å². The van der Waals surface area contributed by atoms with E-state index in [1.165, 1.54) is 0 Å². The molecule has 20 heavy (non-hydrogen) atoms. The highest BCUT2D eigenvalue weighted by molar-refractivity contribution is 7.89. The summed E-state index contributed by atoms with van der Waals surface area (Å²) in [4.78, 5) is 0.204. The average molecular weight is 296 g/mol. The summed E-state index contributed by atoms with van der Waals surface area (Å²) in [5.41, 5.74) is 6.94. The predicted octanol–water partition coefficient (Wildman–Crippen LogP) is 0.00632. The summed E-state index contributed by atoms with van der Waals surface area (Å²) in [6, 6.07) is 4.52. The average Bonchev–Trinajstić information content (AvgIpc) is 2.92. The van der Waals surface area contributed by atoms with Gasteiger partial charge in [0.2, 0.25) is 10.0 Å². The fraction of sp³-hybridized carbons (Fsp3) is 0.364. The Bertz CT molecular complexity index is 683. The number of rotatable bonds is 5. The number of nitrogens with one attached hydrogen (secondary N) is 2. The van der Waals surface area contributed by atoms with Crippen molar-refractivity contribution in [1.82, 2.24) is 25.3 Å². The van der Waals surface area contributed by atoms with Crippen LogP contribution in [-0.2, 0) is 16.6 Å². The van der Waals surface area contributed by atoms with Gasteiger partial charge in [-0.25, -0.2) is 13.1 Å². The SMILES string of the molecule is Cc1ccc(CN)cc1S(=O)(=O)NC(C)c1nn[nH]n1. The molecular weight excluding hydrogens is 280 g/mol. The summed E-state index contributed by atoms with van der Waals surface area (Å²) >= 11 is 0. The molecule has 9 heteroatoms. The largest absolute Gasteiger partial charge is 0.326 e. The van der Waals surface area contributed by atoms with Gasteiger partial charge in [0.15, 0.2) is 5.82 Å². The summed E-state index contributed by atoms with van der Waals surface area (Å²) in [6.07, 6.45) is 0. The van der Waals surface area contributed by atoms with Gasteiger partial charge in [-0.2, -0.15) is 5.21 Å². The Morgan fingerprint density at radius 3 is 2.80 bits per heavy atom. The number of hydrogen-bond donors (Lipinski definition) is 3. The lowest BCUT2D eigenvalue weighted by Crippen LogP contribution is -2.28. The molecule has 1 aromatic carbocycles. The molecule has 0 fully saturated rings. The van der Waals surface area contributed by atoms with Gasteiger partial charge in [0.05, 0.1) is 10.9 Å². The third-order valence-corrected chi connectivity index (χ3v) is 4.54. The molecule has 8 nitrogen and oxygen atoms in total. The van der Waals surface area contributed by atoms with E-state index < -0.39 is 16.1 Å². The van der Waals surface area contributed by atoms with Gasteiger partial charge in [-0.1, -0.05) is 17.3 Å². The maximum atomic E-state index is 12.4. The second-order valence-corrected chi connectivity index (χ2v) is 6.10. The smallest absolute Gasteiger partial charge is 0.241 e. The lowest BCUT2D eigenvalue weighted by atomic mass is 10.1. The van der Waals surface area contributed by atoms with Crippen LogP contribution in [0.5, 0.6) is 0 Å². The van der Waals surface area contributed by atoms with Crippen LogP contribution in [0.2, 0.25) is 0 Å². The van der Waals surface area contributed by atoms with E-state index in [2.05, 4.69) is 25.3 Å². The van der Waals surface area contributed by atoms with Crippen molar-refractivity contribution in [3.8, 4) is 0 Å². The van der Waals surface area contributed by atoms with Gasteiger partial charge in [-0.05, 0) is 31.0 Å². The van der Waals surface area contributed by atoms with E-state index in [9.17, 15) is 8.42 Å². The third-order valence-electron chi connectivity index (χ3n) is 2.86. The first-order chi connectivity index (χ1) is 9.44. The Kier molecular flexibility index (Phi) is 4.12. The Balaban J connectivity index is 2.31. The predicted molar refractivity (Wildman–Crippen MR) is 72.0 cm³/mol. The summed E-state index contributed by atoms with van der Waals surface area (Å²) in [5.74, 6) is 0.279. The molecule has 0 saturated carbocycles. The Hall–Kier alpha value is -1.84. The minimum absolute atomic E-state index is 0.204. The quantitative estimate of drug-likeness (QED) is 0.713. The fourth-order valence-corrected chi connectivity index (χ4v) is 3.26. The molecule has 1 atom stereocenters. The maximum absolute atomic E-state index is 12.4. The van der Waals surface area contributed by atoms with Crippen molar-refractivity contribution in [2.45, 2.75) is 31.3 Å². The first-order valence-corrected chi connectivity index (χ1v) is 7.47. The van der Waals surface area contributed by atoms with E-state index in [1.807, 2.05) is 0 Å². The standard InChI is InChI=1S/C11H16N6O2S/c1-7-3-4-9(6-12)5-10(7)20(18,19)15-8(2)11-13-16-17-14-11/h3-5,8,15H,6,12H2,1-2H3,(H,13,14,16,17). The molecule has 0 bridgehead atoms. The summed E-state index contributed by atoms with van der Waals surface area (Å²) < 4.78 is 27.3. The van der Waals surface area contributed by atoms with Crippen LogP contribution < -0.4 is 10.5 Å². The van der Waals surface area contributed by atoms with Crippen LogP contribution in [0.4, 0.5) is 0 Å². The lowest BCUT2D eigenvalue weighted by molar-refractivity contribution is 0.559. The number of nitrogens with two attached hydrogens (primary N) is 1. The molecular formula is C11H16N6O2S. The number of H-pyrrole nitrogens is 1. The van der Waals surface area contributed by atoms with E-state index in [0.29, 0.717) is 5.56 Å². The molecule has 108 valence electrons. The topological polar surface area (TPSA) is 127 Å². The zero-order valence-electron chi connectivity index (χ0n) is 11.2. The Labute approximate surface area is 116 Å². The first kappa shape index (κ1) is 14.6. The number of benzene rings is 1. The van der Waals surface area contributed by atoms with Crippen molar-refractivity contribution in [1.29, 1.82) is 0 Å². The number of aromatic nitrogens is 4. The number of nitrogens with zero attached hydrogens (tertiary/aromatic N) is 3. The van der Waals surface area contributed by atoms with Gasteiger partial charge in [-0.15, -0.1) is 10.2 Å². The minimum Gasteiger partial charge on any atom is -0.326 e. The van der Waals surface area contributed by atoms with Crippen LogP contribution in [-0.4, -0.2) is 29.0 Å². The van der Waals surface area contributed by atoms with Crippen molar-refractivity contribution < 1.29 is 8.42 Å². The van der Waals surface area contributed by atoms with Crippen LogP contribution in [0.25, 0.3) is 0 Å². The highest BCUT2D eigenvalue weighted by atomic mass is 32.2. The van der Waals surface area contributed by atoms with Crippen molar-refractivity contribution in [3.63, 3.8) is 0 Å². The van der Waals surface area contributed by atoms with Crippen molar-refractivity contribution >= 4 is 10.0 Å². The van der Waals surface area contributed by atoms with Gasteiger partial charge in [0.1, 0.15) is 0 Å². The highest BCUT2D eigenvalue weighted by Gasteiger charge is 2.22. The molecule has 2 rings (SSSR count). The molecule has 0 aliphatic carbocycles. The third kappa shape index (κ3) is 3.00. The first-order valence-electron chi connectivity index (χ1n) is 5.99. The molecule has 1 unspecified atom stereocenters. The molecule has 0 radical (unpaired) electrons. The monoisotopic (exact) mass is 296 g/mol. The summed E-state index contributed by atoms with van der Waals surface area (Å²) in [5, 5.41) is 13.2. The molecule has 0 spiro atoms. The Morgan fingerprint density at radius 1 is 1.45 bits per heavy atom. The normalized spacial score (nSPS) is 13.3. The van der Waals surface area contributed by atoms with E-state index in [1.54, 1.807) is 32.0 Å². The van der Waals surface area contributed by atoms with Crippen LogP contribution in [0.15, 0.2) is 23.1 Å². The van der Waals surface area contributed by atoms with Gasteiger partial charge < -0.3 is 5.73 Å². The second-order valence-electron chi connectivity index (χ2n) is 4.42. The minimum atomic E-state index is -3.68. The number of sulfonamides is 1. The molecule has 0 aliphatic heterocycles. The van der Waals surface area contributed by atoms with Gasteiger partial charge in [0, 0.05) is 6.54 Å². The van der Waals surface area contributed by atoms with Crippen LogP contribution >= 0.6 is 0 Å². The van der Waals surface area contributed by atoms with Gasteiger partial charge >= 0.3 is 0 Å². The van der Waals surface area contributed by atoms with Crippen LogP contribution in [0, 0.1) is 6.92 Å². The van der Waals surface area contributed by atoms with E-state index in [4.69, 9.17) is 5.73 Å². The van der Waals surface area contributed by atoms with Gasteiger partial charge in [-0.3, -0.25) is 0 Å². The number of tetrazole rings is 1. The summed E-state index contributed by atoms with van der Waals surface area (Å²) in [6.45, 7) is 3.65. The van der Waals surface area contributed by atoms with E-state index >= 15 is 0 Å². The molecule has 1 aromatic heterocycles. The maximum Gasteiger partial charge on any atom is 0.241 e. The van der Waals surface area contributed by atoms with E-state index in [-0.39, 0.29) is 17.3 Å². The Morgan fingerprint density at radius 2 is 2.20 bits per heavy atom. The molecule has 2 aromatic rings. The molecule has 0 aliphatic rings. The van der Waals surface area contributed by atoms with E-state index in [0.717, 1.165) is 5.56 Å². The van der Waals surface area contributed by atoms with Crippen molar-refractivity contribution in [2.24, 2.45) is 5.73 Å². The molecule has 0 amide bonds. The molecule has 0 saturated heterocycles. The number of hydrogen-bond acceptors (Lipinski definition) is 6. The second kappa shape index (κ2) is 5.65. The molecule has 4 N–H and O–H groups in total. The summed E-state index contributed by atoms with van der Waals surface area (Å²) in [7, 11) is -3.68. The van der Waals surface area contributed by atoms with Crippen LogP contribution in [0.1, 0.15) is 29.9 Å². The number of aryl methyl sites for hydroxylation is 1. The highest BCUT2D eigenvalue weighted by Crippen LogP contribution is 2.19. The van der Waals surface area contributed by atoms with Crippen molar-refractivity contribution in [3.05, 3.63) is 35.2 Å². The zero-order valence-corrected chi connectivity index (χ0v) is 12.0. The fourth-order valence-electron chi connectivity index (χ4n) is 1.76. The number of aromatic amines is 1. The zero-order chi connectivity index (χ0) is 14.8. The molecule has 1 heterocycles. The van der Waals surface area contributed by atoms with Gasteiger partial charge in [0.25, 0.3) is 0 Å². The lowest BCUT2D eigenvalue weighted by Gasteiger charge is -2.13. The van der Waals surface area contributed by atoms with Crippen LogP contribution in [0.3, 0.4) is 0 Å².